The van der Waals surface area contributed by atoms with E-state index in [1.165, 1.54) is 5.56 Å². The fraction of sp³-hybridized carbons (Fsp3) is 0.231. The van der Waals surface area contributed by atoms with Crippen molar-refractivity contribution in [1.82, 2.24) is 0 Å². The molecule has 164 valence electrons. The molecule has 1 heterocycles. The molecule has 3 amide bonds. The minimum atomic E-state index is -0.386. The van der Waals surface area contributed by atoms with E-state index in [2.05, 4.69) is 31.4 Å². The maximum atomic E-state index is 13.1. The number of urea groups is 1. The zero-order chi connectivity index (χ0) is 23.0. The van der Waals surface area contributed by atoms with Gasteiger partial charge in [-0.25, -0.2) is 4.79 Å². The van der Waals surface area contributed by atoms with Gasteiger partial charge in [0.2, 0.25) is 0 Å². The number of benzene rings is 3. The third-order valence-electron chi connectivity index (χ3n) is 5.48. The number of ether oxygens (including phenoxy) is 1. The van der Waals surface area contributed by atoms with Crippen LogP contribution in [0.1, 0.15) is 42.3 Å². The van der Waals surface area contributed by atoms with Gasteiger partial charge in [-0.3, -0.25) is 4.79 Å². The number of nitrogens with zero attached hydrogens (tertiary/aromatic N) is 1. The molecule has 6 heteroatoms. The van der Waals surface area contributed by atoms with E-state index in [1.807, 2.05) is 49.4 Å². The first-order chi connectivity index (χ1) is 15.1. The van der Waals surface area contributed by atoms with Crippen LogP contribution < -0.4 is 20.3 Å². The number of fused-ring (bicyclic) bond motifs is 2. The SMILES string of the molecule is Cc1ccc2c(c1)N(C)C(=O)c1cc(NC(=O)Nc3ccc(C(C)(C)C)cc3)ccc1O2. The number of amides is 3. The van der Waals surface area contributed by atoms with Crippen molar-refractivity contribution in [3.05, 3.63) is 77.4 Å². The molecule has 1 aliphatic rings. The van der Waals surface area contributed by atoms with E-state index < -0.39 is 0 Å². The van der Waals surface area contributed by atoms with E-state index in [0.717, 1.165) is 5.56 Å². The zero-order valence-electron chi connectivity index (χ0n) is 18.9. The molecule has 1 aliphatic heterocycles. The number of aryl methyl sites for hydroxylation is 1. The van der Waals surface area contributed by atoms with Crippen molar-refractivity contribution in [2.24, 2.45) is 0 Å². The second kappa shape index (κ2) is 8.04. The first kappa shape index (κ1) is 21.4. The van der Waals surface area contributed by atoms with Crippen molar-refractivity contribution < 1.29 is 14.3 Å². The first-order valence-electron chi connectivity index (χ1n) is 10.5. The monoisotopic (exact) mass is 429 g/mol. The molecular weight excluding hydrogens is 402 g/mol. The van der Waals surface area contributed by atoms with Gasteiger partial charge >= 0.3 is 6.03 Å². The fourth-order valence-electron chi connectivity index (χ4n) is 3.60. The summed E-state index contributed by atoms with van der Waals surface area (Å²) in [5, 5.41) is 5.62. The lowest BCUT2D eigenvalue weighted by Crippen LogP contribution is -2.25. The summed E-state index contributed by atoms with van der Waals surface area (Å²) in [6, 6.07) is 18.1. The number of carbonyl (C=O) groups excluding carboxylic acids is 2. The van der Waals surface area contributed by atoms with Crippen LogP contribution in [-0.2, 0) is 5.41 Å². The summed E-state index contributed by atoms with van der Waals surface area (Å²) in [5.74, 6) is 0.863. The lowest BCUT2D eigenvalue weighted by molar-refractivity contribution is 0.0993. The van der Waals surface area contributed by atoms with Gasteiger partial charge in [0.25, 0.3) is 5.91 Å². The third kappa shape index (κ3) is 4.30. The van der Waals surface area contributed by atoms with E-state index in [1.54, 1.807) is 30.1 Å². The minimum Gasteiger partial charge on any atom is -0.454 e. The molecule has 0 fully saturated rings. The summed E-state index contributed by atoms with van der Waals surface area (Å²) in [5.41, 5.74) is 4.55. The van der Waals surface area contributed by atoms with Gasteiger partial charge in [0.15, 0.2) is 5.75 Å². The number of rotatable bonds is 2. The Bertz CT molecular complexity index is 1190. The Morgan fingerprint density at radius 3 is 2.19 bits per heavy atom. The highest BCUT2D eigenvalue weighted by Crippen LogP contribution is 2.39. The standard InChI is InChI=1S/C26H27N3O3/c1-16-6-12-23-21(14-16)29(5)24(30)20-15-19(11-13-22(20)32-23)28-25(31)27-18-9-7-17(8-10-18)26(2,3)4/h6-15H,1-5H3,(H2,27,28,31). The molecule has 0 bridgehead atoms. The van der Waals surface area contributed by atoms with Crippen molar-refractivity contribution in [3.8, 4) is 11.5 Å². The van der Waals surface area contributed by atoms with Crippen LogP contribution in [0.2, 0.25) is 0 Å². The first-order valence-corrected chi connectivity index (χ1v) is 10.5. The number of anilines is 3. The molecule has 0 radical (unpaired) electrons. The smallest absolute Gasteiger partial charge is 0.323 e. The van der Waals surface area contributed by atoms with Gasteiger partial charge in [-0.05, 0) is 65.9 Å². The van der Waals surface area contributed by atoms with E-state index >= 15 is 0 Å². The quantitative estimate of drug-likeness (QED) is 0.501. The van der Waals surface area contributed by atoms with Gasteiger partial charge < -0.3 is 20.3 Å². The van der Waals surface area contributed by atoms with E-state index in [-0.39, 0.29) is 17.4 Å². The second-order valence-corrected chi connectivity index (χ2v) is 9.05. The Morgan fingerprint density at radius 1 is 0.875 bits per heavy atom. The lowest BCUT2D eigenvalue weighted by atomic mass is 9.87. The van der Waals surface area contributed by atoms with E-state index in [4.69, 9.17) is 4.74 Å². The Morgan fingerprint density at radius 2 is 1.50 bits per heavy atom. The Labute approximate surface area is 188 Å². The van der Waals surface area contributed by atoms with E-state index in [0.29, 0.717) is 34.1 Å². The lowest BCUT2D eigenvalue weighted by Gasteiger charge is -2.19. The molecule has 0 atom stereocenters. The highest BCUT2D eigenvalue weighted by Gasteiger charge is 2.26. The van der Waals surface area contributed by atoms with Crippen molar-refractivity contribution >= 4 is 29.0 Å². The summed E-state index contributed by atoms with van der Waals surface area (Å²) in [6.45, 7) is 8.39. The normalized spacial score (nSPS) is 12.9. The molecule has 32 heavy (non-hydrogen) atoms. The van der Waals surface area contributed by atoms with Gasteiger partial charge in [-0.2, -0.15) is 0 Å². The summed E-state index contributed by atoms with van der Waals surface area (Å²) >= 11 is 0. The van der Waals surface area contributed by atoms with Gasteiger partial charge in [0.1, 0.15) is 5.75 Å². The predicted molar refractivity (Wildman–Crippen MR) is 128 cm³/mol. The molecule has 0 unspecified atom stereocenters. The number of carbonyl (C=O) groups is 2. The van der Waals surface area contributed by atoms with Gasteiger partial charge in [-0.15, -0.1) is 0 Å². The van der Waals surface area contributed by atoms with Crippen molar-refractivity contribution in [3.63, 3.8) is 0 Å². The summed E-state index contributed by atoms with van der Waals surface area (Å²) in [4.78, 5) is 27.1. The summed E-state index contributed by atoms with van der Waals surface area (Å²) in [7, 11) is 1.72. The van der Waals surface area contributed by atoms with Crippen LogP contribution in [0.4, 0.5) is 21.9 Å². The zero-order valence-corrected chi connectivity index (χ0v) is 18.9. The summed E-state index contributed by atoms with van der Waals surface area (Å²) < 4.78 is 6.00. The highest BCUT2D eigenvalue weighted by atomic mass is 16.5. The third-order valence-corrected chi connectivity index (χ3v) is 5.48. The molecule has 0 aliphatic carbocycles. The van der Waals surface area contributed by atoms with Crippen LogP contribution in [0, 0.1) is 6.92 Å². The van der Waals surface area contributed by atoms with Crippen molar-refractivity contribution in [2.45, 2.75) is 33.1 Å². The molecule has 2 N–H and O–H groups in total. The number of hydrogen-bond acceptors (Lipinski definition) is 3. The Kier molecular flexibility index (Phi) is 5.38. The van der Waals surface area contributed by atoms with E-state index in [9.17, 15) is 9.59 Å². The Hall–Kier alpha value is -3.80. The number of hydrogen-bond donors (Lipinski definition) is 2. The molecule has 6 nitrogen and oxygen atoms in total. The molecule has 3 aromatic rings. The van der Waals surface area contributed by atoms with Crippen molar-refractivity contribution in [2.75, 3.05) is 22.6 Å². The average Bonchev–Trinajstić information content (AvgIpc) is 2.83. The van der Waals surface area contributed by atoms with Gasteiger partial charge in [-0.1, -0.05) is 39.0 Å². The van der Waals surface area contributed by atoms with Crippen LogP contribution in [0.25, 0.3) is 0 Å². The molecule has 0 aromatic heterocycles. The molecule has 4 rings (SSSR count). The predicted octanol–water partition coefficient (Wildman–Crippen LogP) is 6.32. The highest BCUT2D eigenvalue weighted by molar-refractivity contribution is 6.10. The Balaban J connectivity index is 1.52. The minimum absolute atomic E-state index is 0.0444. The summed E-state index contributed by atoms with van der Waals surface area (Å²) in [6.07, 6.45) is 0. The van der Waals surface area contributed by atoms with Gasteiger partial charge in [0, 0.05) is 18.4 Å². The largest absolute Gasteiger partial charge is 0.454 e. The molecule has 3 aromatic carbocycles. The average molecular weight is 430 g/mol. The van der Waals surface area contributed by atoms with Crippen LogP contribution in [-0.4, -0.2) is 19.0 Å². The second-order valence-electron chi connectivity index (χ2n) is 9.05. The molecule has 0 saturated carbocycles. The maximum absolute atomic E-state index is 13.1. The van der Waals surface area contributed by atoms with Crippen LogP contribution >= 0.6 is 0 Å². The maximum Gasteiger partial charge on any atom is 0.323 e. The van der Waals surface area contributed by atoms with Crippen LogP contribution in [0.3, 0.4) is 0 Å². The van der Waals surface area contributed by atoms with Crippen LogP contribution in [0.15, 0.2) is 60.7 Å². The molecule has 0 saturated heterocycles. The fourth-order valence-corrected chi connectivity index (χ4v) is 3.60. The van der Waals surface area contributed by atoms with Gasteiger partial charge in [0.05, 0.1) is 11.3 Å². The molecule has 0 spiro atoms. The number of nitrogens with one attached hydrogen (secondary N) is 2. The molecular formula is C26H27N3O3. The van der Waals surface area contributed by atoms with Crippen LogP contribution in [0.5, 0.6) is 11.5 Å². The topological polar surface area (TPSA) is 70.7 Å². The van der Waals surface area contributed by atoms with Crippen molar-refractivity contribution in [1.29, 1.82) is 0 Å².